The summed E-state index contributed by atoms with van der Waals surface area (Å²) in [5.74, 6) is 6.59. The Labute approximate surface area is 106 Å². The highest BCUT2D eigenvalue weighted by Crippen LogP contribution is 2.23. The molecule has 1 aromatic rings. The van der Waals surface area contributed by atoms with E-state index in [0.29, 0.717) is 29.8 Å². The summed E-state index contributed by atoms with van der Waals surface area (Å²) >= 11 is 5.88. The Morgan fingerprint density at radius 2 is 2.24 bits per heavy atom. The van der Waals surface area contributed by atoms with Gasteiger partial charge in [-0.1, -0.05) is 11.6 Å². The molecule has 0 heterocycles. The number of hydrogen-bond acceptors (Lipinski definition) is 4. The Hall–Kier alpha value is -1.30. The van der Waals surface area contributed by atoms with Crippen molar-refractivity contribution in [3.8, 4) is 5.75 Å². The number of ether oxygens (including phenoxy) is 2. The minimum atomic E-state index is 0.516. The van der Waals surface area contributed by atoms with Gasteiger partial charge in [-0.3, -0.25) is 4.99 Å². The molecule has 0 spiro atoms. The van der Waals surface area contributed by atoms with E-state index in [1.165, 1.54) is 0 Å². The fraction of sp³-hybridized carbons (Fsp3) is 0.364. The molecule has 0 saturated heterocycles. The smallest absolute Gasteiger partial charge is 0.146 e. The van der Waals surface area contributed by atoms with Crippen molar-refractivity contribution in [3.63, 3.8) is 0 Å². The number of halogens is 1. The zero-order chi connectivity index (χ0) is 12.7. The second-order valence-corrected chi connectivity index (χ2v) is 3.65. The number of nitrogens with one attached hydrogen (secondary N) is 1. The van der Waals surface area contributed by atoms with E-state index in [2.05, 4.69) is 10.4 Å². The van der Waals surface area contributed by atoms with Crippen molar-refractivity contribution in [2.24, 2.45) is 10.8 Å². The molecule has 0 bridgehead atoms. The van der Waals surface area contributed by atoms with E-state index in [1.807, 2.05) is 0 Å². The topological polar surface area (TPSA) is 68.9 Å². The third-order valence-electron chi connectivity index (χ3n) is 2.12. The number of benzene rings is 1. The van der Waals surface area contributed by atoms with Crippen molar-refractivity contribution in [2.45, 2.75) is 0 Å². The predicted molar refractivity (Wildman–Crippen MR) is 68.6 cm³/mol. The number of aliphatic imine (C=N–C) groups is 1. The lowest BCUT2D eigenvalue weighted by Gasteiger charge is -2.11. The fourth-order valence-electron chi connectivity index (χ4n) is 1.32. The van der Waals surface area contributed by atoms with Gasteiger partial charge >= 0.3 is 0 Å². The van der Waals surface area contributed by atoms with Crippen LogP contribution in [-0.2, 0) is 4.74 Å². The normalized spacial score (nSPS) is 11.4. The van der Waals surface area contributed by atoms with E-state index in [1.54, 1.807) is 32.4 Å². The molecule has 0 radical (unpaired) electrons. The molecule has 17 heavy (non-hydrogen) atoms. The maximum absolute atomic E-state index is 5.88. The Bertz CT molecular complexity index is 396. The summed E-state index contributed by atoms with van der Waals surface area (Å²) < 4.78 is 10.1. The Morgan fingerprint density at radius 1 is 1.47 bits per heavy atom. The first-order valence-corrected chi connectivity index (χ1v) is 5.44. The number of amidine groups is 1. The average Bonchev–Trinajstić information content (AvgIpc) is 2.35. The molecule has 0 saturated carbocycles. The molecule has 3 N–H and O–H groups in total. The molecule has 0 fully saturated rings. The summed E-state index contributed by atoms with van der Waals surface area (Å²) in [6.45, 7) is 1.04. The fourth-order valence-corrected chi connectivity index (χ4v) is 1.48. The number of nitrogens with zero attached hydrogens (tertiary/aromatic N) is 1. The highest BCUT2D eigenvalue weighted by atomic mass is 35.5. The van der Waals surface area contributed by atoms with Crippen molar-refractivity contribution in [1.29, 1.82) is 0 Å². The molecule has 1 rings (SSSR count). The molecule has 0 aromatic heterocycles. The quantitative estimate of drug-likeness (QED) is 0.274. The minimum Gasteiger partial charge on any atom is -0.496 e. The first-order valence-electron chi connectivity index (χ1n) is 5.06. The summed E-state index contributed by atoms with van der Waals surface area (Å²) in [6, 6.07) is 5.26. The molecule has 0 aliphatic heterocycles. The third kappa shape index (κ3) is 3.89. The van der Waals surface area contributed by atoms with Crippen LogP contribution >= 0.6 is 11.6 Å². The van der Waals surface area contributed by atoms with Crippen LogP contribution in [0.1, 0.15) is 5.56 Å². The Balaban J connectivity index is 2.98. The molecule has 5 nitrogen and oxygen atoms in total. The second-order valence-electron chi connectivity index (χ2n) is 3.21. The number of hydrazine groups is 1. The monoisotopic (exact) mass is 257 g/mol. The first-order chi connectivity index (χ1) is 8.22. The van der Waals surface area contributed by atoms with Crippen LogP contribution in [0.5, 0.6) is 5.75 Å². The zero-order valence-electron chi connectivity index (χ0n) is 9.87. The van der Waals surface area contributed by atoms with Crippen LogP contribution in [0.25, 0.3) is 0 Å². The van der Waals surface area contributed by atoms with Crippen molar-refractivity contribution >= 4 is 17.4 Å². The lowest BCUT2D eigenvalue weighted by molar-refractivity contribution is 0.208. The maximum atomic E-state index is 5.88. The van der Waals surface area contributed by atoms with Crippen LogP contribution in [0.3, 0.4) is 0 Å². The van der Waals surface area contributed by atoms with Gasteiger partial charge in [0.15, 0.2) is 0 Å². The van der Waals surface area contributed by atoms with Gasteiger partial charge in [-0.2, -0.15) is 0 Å². The Kier molecular flexibility index (Phi) is 5.76. The standard InChI is InChI=1S/C11H16ClN3O2/c1-16-6-5-14-11(15-13)9-4-3-8(12)7-10(9)17-2/h3-4,7H,5-6,13H2,1-2H3,(H,14,15). The SMILES string of the molecule is COCCN=C(NN)c1ccc(Cl)cc1OC. The number of methoxy groups -OCH3 is 2. The van der Waals surface area contributed by atoms with Gasteiger partial charge in [-0.05, 0) is 18.2 Å². The molecule has 0 unspecified atom stereocenters. The lowest BCUT2D eigenvalue weighted by Crippen LogP contribution is -2.32. The summed E-state index contributed by atoms with van der Waals surface area (Å²) in [4.78, 5) is 4.27. The van der Waals surface area contributed by atoms with E-state index in [9.17, 15) is 0 Å². The maximum Gasteiger partial charge on any atom is 0.146 e. The average molecular weight is 258 g/mol. The van der Waals surface area contributed by atoms with E-state index in [0.717, 1.165) is 5.56 Å². The summed E-state index contributed by atoms with van der Waals surface area (Å²) in [5.41, 5.74) is 3.30. The van der Waals surface area contributed by atoms with Crippen molar-refractivity contribution in [3.05, 3.63) is 28.8 Å². The lowest BCUT2D eigenvalue weighted by atomic mass is 10.2. The van der Waals surface area contributed by atoms with Gasteiger partial charge < -0.3 is 14.9 Å². The van der Waals surface area contributed by atoms with Crippen LogP contribution in [0.2, 0.25) is 5.02 Å². The van der Waals surface area contributed by atoms with Crippen molar-refractivity contribution < 1.29 is 9.47 Å². The van der Waals surface area contributed by atoms with E-state index in [-0.39, 0.29) is 0 Å². The van der Waals surface area contributed by atoms with Gasteiger partial charge in [0.05, 0.1) is 25.8 Å². The number of nitrogens with two attached hydrogens (primary N) is 1. The number of rotatable bonds is 5. The van der Waals surface area contributed by atoms with Crippen molar-refractivity contribution in [1.82, 2.24) is 5.43 Å². The number of hydrogen-bond donors (Lipinski definition) is 2. The molecule has 1 aromatic carbocycles. The predicted octanol–water partition coefficient (Wildman–Crippen LogP) is 1.20. The largest absolute Gasteiger partial charge is 0.496 e. The van der Waals surface area contributed by atoms with Crippen molar-refractivity contribution in [2.75, 3.05) is 27.4 Å². The minimum absolute atomic E-state index is 0.516. The molecule has 0 aliphatic rings. The molecular formula is C11H16ClN3O2. The van der Waals surface area contributed by atoms with Gasteiger partial charge in [0.1, 0.15) is 11.6 Å². The second kappa shape index (κ2) is 7.11. The molecule has 94 valence electrons. The summed E-state index contributed by atoms with van der Waals surface area (Å²) in [7, 11) is 3.19. The Morgan fingerprint density at radius 3 is 2.82 bits per heavy atom. The van der Waals surface area contributed by atoms with E-state index >= 15 is 0 Å². The van der Waals surface area contributed by atoms with E-state index in [4.69, 9.17) is 26.9 Å². The zero-order valence-corrected chi connectivity index (χ0v) is 10.6. The first kappa shape index (κ1) is 13.8. The summed E-state index contributed by atoms with van der Waals surface area (Å²) in [5, 5.41) is 0.596. The summed E-state index contributed by atoms with van der Waals surface area (Å²) in [6.07, 6.45) is 0. The molecule has 6 heteroatoms. The molecular weight excluding hydrogens is 242 g/mol. The highest BCUT2D eigenvalue weighted by molar-refractivity contribution is 6.30. The van der Waals surface area contributed by atoms with Gasteiger partial charge in [0.2, 0.25) is 0 Å². The van der Waals surface area contributed by atoms with Crippen LogP contribution in [0.15, 0.2) is 23.2 Å². The van der Waals surface area contributed by atoms with Gasteiger partial charge in [-0.15, -0.1) is 0 Å². The highest BCUT2D eigenvalue weighted by Gasteiger charge is 2.09. The van der Waals surface area contributed by atoms with Crippen LogP contribution in [-0.4, -0.2) is 33.2 Å². The van der Waals surface area contributed by atoms with Gasteiger partial charge in [-0.25, -0.2) is 5.84 Å². The van der Waals surface area contributed by atoms with Crippen LogP contribution in [0.4, 0.5) is 0 Å². The molecule has 0 atom stereocenters. The molecule has 0 amide bonds. The van der Waals surface area contributed by atoms with Crippen LogP contribution < -0.4 is 16.0 Å². The van der Waals surface area contributed by atoms with Crippen LogP contribution in [0, 0.1) is 0 Å². The van der Waals surface area contributed by atoms with E-state index < -0.39 is 0 Å². The molecule has 0 aliphatic carbocycles. The third-order valence-corrected chi connectivity index (χ3v) is 2.36. The van der Waals surface area contributed by atoms with Gasteiger partial charge in [0.25, 0.3) is 0 Å². The van der Waals surface area contributed by atoms with Gasteiger partial charge in [0, 0.05) is 12.1 Å².